The van der Waals surface area contributed by atoms with Crippen molar-refractivity contribution in [2.75, 3.05) is 33.2 Å². The molecule has 21 heavy (non-hydrogen) atoms. The molecule has 0 bridgehead atoms. The van der Waals surface area contributed by atoms with E-state index in [1.165, 1.54) is 16.7 Å². The van der Waals surface area contributed by atoms with Gasteiger partial charge in [-0.05, 0) is 23.7 Å². The third-order valence-electron chi connectivity index (χ3n) is 4.07. The molecule has 110 valence electrons. The van der Waals surface area contributed by atoms with Gasteiger partial charge in [-0.25, -0.2) is 5.01 Å². The molecule has 0 spiro atoms. The Balaban J connectivity index is 1.55. The maximum atomic E-state index is 3.52. The lowest BCUT2D eigenvalue weighted by atomic mass is 10.0. The van der Waals surface area contributed by atoms with Gasteiger partial charge in [-0.15, -0.1) is 0 Å². The van der Waals surface area contributed by atoms with Crippen LogP contribution in [-0.4, -0.2) is 43.1 Å². The Bertz CT molecular complexity index is 542. The van der Waals surface area contributed by atoms with Crippen LogP contribution in [0.15, 0.2) is 54.6 Å². The van der Waals surface area contributed by atoms with E-state index in [4.69, 9.17) is 0 Å². The standard InChI is InChI=1S/C18H23N3/c1-20-11-13-21(14-12-20)19-15-16-7-9-18(10-8-16)17-5-3-2-4-6-17/h2-10,19H,11-15H2,1H3. The van der Waals surface area contributed by atoms with Crippen LogP contribution in [0.5, 0.6) is 0 Å². The maximum Gasteiger partial charge on any atom is 0.0353 e. The lowest BCUT2D eigenvalue weighted by molar-refractivity contribution is 0.102. The zero-order valence-corrected chi connectivity index (χ0v) is 12.6. The van der Waals surface area contributed by atoms with E-state index >= 15 is 0 Å². The fourth-order valence-electron chi connectivity index (χ4n) is 2.61. The molecule has 2 aromatic carbocycles. The number of benzene rings is 2. The first-order valence-corrected chi connectivity index (χ1v) is 7.62. The Morgan fingerprint density at radius 3 is 2.10 bits per heavy atom. The van der Waals surface area contributed by atoms with Gasteiger partial charge >= 0.3 is 0 Å². The average molecular weight is 281 g/mol. The van der Waals surface area contributed by atoms with Crippen molar-refractivity contribution in [1.29, 1.82) is 0 Å². The molecule has 1 aliphatic heterocycles. The molecule has 1 heterocycles. The first-order valence-electron chi connectivity index (χ1n) is 7.62. The van der Waals surface area contributed by atoms with E-state index < -0.39 is 0 Å². The number of nitrogens with one attached hydrogen (secondary N) is 1. The molecule has 0 aromatic heterocycles. The second kappa shape index (κ2) is 6.85. The van der Waals surface area contributed by atoms with Crippen LogP contribution in [-0.2, 0) is 6.54 Å². The van der Waals surface area contributed by atoms with Gasteiger partial charge in [-0.3, -0.25) is 5.43 Å². The SMILES string of the molecule is CN1CCN(NCc2ccc(-c3ccccc3)cc2)CC1. The molecule has 3 heteroatoms. The van der Waals surface area contributed by atoms with E-state index in [-0.39, 0.29) is 0 Å². The number of hydrogen-bond acceptors (Lipinski definition) is 3. The highest BCUT2D eigenvalue weighted by molar-refractivity contribution is 5.63. The Morgan fingerprint density at radius 2 is 1.43 bits per heavy atom. The molecule has 1 aliphatic rings. The Morgan fingerprint density at radius 1 is 0.810 bits per heavy atom. The summed E-state index contributed by atoms with van der Waals surface area (Å²) in [6, 6.07) is 19.4. The van der Waals surface area contributed by atoms with Crippen molar-refractivity contribution in [1.82, 2.24) is 15.3 Å². The second-order valence-electron chi connectivity index (χ2n) is 5.69. The van der Waals surface area contributed by atoms with Crippen LogP contribution in [0.4, 0.5) is 0 Å². The van der Waals surface area contributed by atoms with Crippen molar-refractivity contribution in [3.05, 3.63) is 60.2 Å². The second-order valence-corrected chi connectivity index (χ2v) is 5.69. The lowest BCUT2D eigenvalue weighted by Gasteiger charge is -2.32. The predicted octanol–water partition coefficient (Wildman–Crippen LogP) is 2.61. The van der Waals surface area contributed by atoms with Crippen LogP contribution >= 0.6 is 0 Å². The largest absolute Gasteiger partial charge is 0.304 e. The molecule has 3 rings (SSSR count). The van der Waals surface area contributed by atoms with Gasteiger partial charge in [0.15, 0.2) is 0 Å². The molecular weight excluding hydrogens is 258 g/mol. The van der Waals surface area contributed by atoms with Crippen molar-refractivity contribution in [2.24, 2.45) is 0 Å². The van der Waals surface area contributed by atoms with Gasteiger partial charge in [0.1, 0.15) is 0 Å². The highest BCUT2D eigenvalue weighted by Crippen LogP contribution is 2.19. The van der Waals surface area contributed by atoms with Crippen LogP contribution in [0.25, 0.3) is 11.1 Å². The van der Waals surface area contributed by atoms with Crippen LogP contribution in [0, 0.1) is 0 Å². The quantitative estimate of drug-likeness (QED) is 0.929. The van der Waals surface area contributed by atoms with E-state index in [0.717, 1.165) is 32.7 Å². The van der Waals surface area contributed by atoms with Gasteiger partial charge in [0.05, 0.1) is 0 Å². The molecule has 0 saturated carbocycles. The number of hydrazine groups is 1. The smallest absolute Gasteiger partial charge is 0.0353 e. The molecule has 1 N–H and O–H groups in total. The third-order valence-corrected chi connectivity index (χ3v) is 4.07. The normalized spacial score (nSPS) is 17.0. The minimum atomic E-state index is 0.902. The molecule has 0 aliphatic carbocycles. The summed E-state index contributed by atoms with van der Waals surface area (Å²) in [7, 11) is 2.18. The third kappa shape index (κ3) is 3.91. The van der Waals surface area contributed by atoms with Crippen molar-refractivity contribution in [3.8, 4) is 11.1 Å². The molecule has 0 unspecified atom stereocenters. The minimum Gasteiger partial charge on any atom is -0.304 e. The summed E-state index contributed by atoms with van der Waals surface area (Å²) in [5, 5.41) is 2.32. The number of likely N-dealkylation sites (N-methyl/N-ethyl adjacent to an activating group) is 1. The van der Waals surface area contributed by atoms with Crippen LogP contribution in [0.2, 0.25) is 0 Å². The topological polar surface area (TPSA) is 18.5 Å². The summed E-state index contributed by atoms with van der Waals surface area (Å²) in [6.07, 6.45) is 0. The maximum absolute atomic E-state index is 3.52. The van der Waals surface area contributed by atoms with Crippen LogP contribution < -0.4 is 5.43 Å². The number of piperazine rings is 1. The summed E-state index contributed by atoms with van der Waals surface area (Å²) in [5.74, 6) is 0. The summed E-state index contributed by atoms with van der Waals surface area (Å²) in [4.78, 5) is 2.37. The van der Waals surface area contributed by atoms with Gasteiger partial charge < -0.3 is 4.90 Å². The first-order chi connectivity index (χ1) is 10.3. The number of nitrogens with zero attached hydrogens (tertiary/aromatic N) is 2. The fourth-order valence-corrected chi connectivity index (χ4v) is 2.61. The molecule has 0 radical (unpaired) electrons. The van der Waals surface area contributed by atoms with E-state index in [1.54, 1.807) is 0 Å². The lowest BCUT2D eigenvalue weighted by Crippen LogP contribution is -2.50. The summed E-state index contributed by atoms with van der Waals surface area (Å²) in [6.45, 7) is 5.37. The monoisotopic (exact) mass is 281 g/mol. The van der Waals surface area contributed by atoms with E-state index in [2.05, 4.69) is 77.0 Å². The average Bonchev–Trinajstić information content (AvgIpc) is 2.56. The molecule has 3 nitrogen and oxygen atoms in total. The van der Waals surface area contributed by atoms with Crippen LogP contribution in [0.3, 0.4) is 0 Å². The van der Waals surface area contributed by atoms with Crippen molar-refractivity contribution in [3.63, 3.8) is 0 Å². The Kier molecular flexibility index (Phi) is 4.65. The van der Waals surface area contributed by atoms with Crippen molar-refractivity contribution >= 4 is 0 Å². The van der Waals surface area contributed by atoms with Gasteiger partial charge in [-0.2, -0.15) is 0 Å². The molecule has 0 atom stereocenters. The minimum absolute atomic E-state index is 0.902. The van der Waals surface area contributed by atoms with E-state index in [9.17, 15) is 0 Å². The highest BCUT2D eigenvalue weighted by atomic mass is 15.5. The van der Waals surface area contributed by atoms with Gasteiger partial charge in [0, 0.05) is 32.7 Å². The first kappa shape index (κ1) is 14.3. The molecule has 1 saturated heterocycles. The molecule has 1 fully saturated rings. The predicted molar refractivity (Wildman–Crippen MR) is 87.8 cm³/mol. The number of hydrogen-bond donors (Lipinski definition) is 1. The zero-order valence-electron chi connectivity index (χ0n) is 12.6. The van der Waals surface area contributed by atoms with Crippen LogP contribution in [0.1, 0.15) is 5.56 Å². The van der Waals surface area contributed by atoms with E-state index in [1.807, 2.05) is 0 Å². The zero-order chi connectivity index (χ0) is 14.5. The summed E-state index contributed by atoms with van der Waals surface area (Å²) < 4.78 is 0. The van der Waals surface area contributed by atoms with E-state index in [0.29, 0.717) is 0 Å². The molecule has 2 aromatic rings. The Hall–Kier alpha value is -1.68. The number of rotatable bonds is 4. The van der Waals surface area contributed by atoms with Crippen molar-refractivity contribution in [2.45, 2.75) is 6.54 Å². The Labute approximate surface area is 127 Å². The molecular formula is C18H23N3. The summed E-state index contributed by atoms with van der Waals surface area (Å²) >= 11 is 0. The highest BCUT2D eigenvalue weighted by Gasteiger charge is 2.12. The van der Waals surface area contributed by atoms with Crippen molar-refractivity contribution < 1.29 is 0 Å². The van der Waals surface area contributed by atoms with Gasteiger partial charge in [-0.1, -0.05) is 54.6 Å². The molecule has 0 amide bonds. The van der Waals surface area contributed by atoms with Gasteiger partial charge in [0.2, 0.25) is 0 Å². The van der Waals surface area contributed by atoms with Gasteiger partial charge in [0.25, 0.3) is 0 Å². The summed E-state index contributed by atoms with van der Waals surface area (Å²) in [5.41, 5.74) is 7.40. The fraction of sp³-hybridized carbons (Fsp3) is 0.333.